The first-order chi connectivity index (χ1) is 13.9. The number of anilines is 1. The van der Waals surface area contributed by atoms with Crippen molar-refractivity contribution in [2.24, 2.45) is 0 Å². The van der Waals surface area contributed by atoms with E-state index < -0.39 is 11.7 Å². The lowest BCUT2D eigenvalue weighted by Gasteiger charge is -2.19. The highest BCUT2D eigenvalue weighted by molar-refractivity contribution is 5.94. The Hall–Kier alpha value is -3.19. The minimum absolute atomic E-state index is 0.173. The van der Waals surface area contributed by atoms with Crippen LogP contribution in [0.1, 0.15) is 24.0 Å². The van der Waals surface area contributed by atoms with E-state index in [-0.39, 0.29) is 22.3 Å². The molecule has 1 saturated heterocycles. The van der Waals surface area contributed by atoms with E-state index in [9.17, 15) is 18.4 Å². The van der Waals surface area contributed by atoms with Crippen molar-refractivity contribution in [2.45, 2.75) is 25.1 Å². The summed E-state index contributed by atoms with van der Waals surface area (Å²) < 4.78 is 39.3. The zero-order chi connectivity index (χ0) is 20.6. The minimum Gasteiger partial charge on any atom is -0.353 e. The highest BCUT2D eigenvalue weighted by Gasteiger charge is 2.31. The smallest absolute Gasteiger partial charge is 0.353 e. The van der Waals surface area contributed by atoms with Crippen LogP contribution in [0, 0.1) is 11.3 Å². The third kappa shape index (κ3) is 3.73. The monoisotopic (exact) mass is 401 g/mol. The van der Waals surface area contributed by atoms with Crippen LogP contribution in [0.3, 0.4) is 0 Å². The molecular weight excluding hydrogens is 383 g/mol. The van der Waals surface area contributed by atoms with E-state index in [1.165, 1.54) is 12.4 Å². The van der Waals surface area contributed by atoms with Crippen LogP contribution in [0.2, 0.25) is 0 Å². The lowest BCUT2D eigenvalue weighted by molar-refractivity contribution is -0.137. The summed E-state index contributed by atoms with van der Waals surface area (Å²) in [5.41, 5.74) is 0.237. The van der Waals surface area contributed by atoms with Gasteiger partial charge in [-0.25, -0.2) is 15.0 Å². The van der Waals surface area contributed by atoms with Gasteiger partial charge in [0.25, 0.3) is 0 Å². The number of nitriles is 1. The highest BCUT2D eigenvalue weighted by atomic mass is 19.4. The predicted octanol–water partition coefficient (Wildman–Crippen LogP) is 3.42. The van der Waals surface area contributed by atoms with Crippen molar-refractivity contribution in [3.63, 3.8) is 0 Å². The maximum absolute atomic E-state index is 13.1. The molecule has 3 aromatic rings. The molecule has 0 amide bonds. The van der Waals surface area contributed by atoms with Crippen LogP contribution < -0.4 is 5.32 Å². The van der Waals surface area contributed by atoms with Gasteiger partial charge in [0.05, 0.1) is 23.0 Å². The lowest BCUT2D eigenvalue weighted by Crippen LogP contribution is -2.31. The molecule has 1 atom stereocenters. The van der Waals surface area contributed by atoms with Crippen molar-refractivity contribution in [1.29, 1.82) is 5.26 Å². The molecule has 1 aliphatic rings. The van der Waals surface area contributed by atoms with E-state index in [0.29, 0.717) is 24.1 Å². The number of nitrogens with zero attached hydrogens (tertiary/aromatic N) is 5. The SMILES string of the molecule is CN1CCCC1CNc1ncc(C#N)c(-c2c[nH]c3ncc(C(F)(F)F)cc23)n1. The van der Waals surface area contributed by atoms with Crippen molar-refractivity contribution in [1.82, 2.24) is 24.8 Å². The number of fused-ring (bicyclic) bond motifs is 1. The number of hydrogen-bond acceptors (Lipinski definition) is 6. The third-order valence-electron chi connectivity index (χ3n) is 5.19. The summed E-state index contributed by atoms with van der Waals surface area (Å²) in [5, 5.41) is 12.9. The van der Waals surface area contributed by atoms with Crippen LogP contribution in [0.25, 0.3) is 22.3 Å². The number of rotatable bonds is 4. The Balaban J connectivity index is 1.71. The van der Waals surface area contributed by atoms with Crippen LogP contribution in [0.15, 0.2) is 24.7 Å². The highest BCUT2D eigenvalue weighted by Crippen LogP contribution is 2.34. The number of halogens is 3. The Labute approximate surface area is 164 Å². The predicted molar refractivity (Wildman–Crippen MR) is 101 cm³/mol. The van der Waals surface area contributed by atoms with Crippen LogP contribution in [0.4, 0.5) is 19.1 Å². The summed E-state index contributed by atoms with van der Waals surface area (Å²) in [4.78, 5) is 17.5. The maximum Gasteiger partial charge on any atom is 0.417 e. The summed E-state index contributed by atoms with van der Waals surface area (Å²) in [6.45, 7) is 1.69. The fourth-order valence-corrected chi connectivity index (χ4v) is 3.55. The lowest BCUT2D eigenvalue weighted by atomic mass is 10.1. The number of aromatic nitrogens is 4. The second kappa shape index (κ2) is 7.33. The van der Waals surface area contributed by atoms with Crippen LogP contribution >= 0.6 is 0 Å². The zero-order valence-corrected chi connectivity index (χ0v) is 15.6. The average molecular weight is 401 g/mol. The molecule has 3 aromatic heterocycles. The zero-order valence-electron chi connectivity index (χ0n) is 15.6. The Bertz CT molecular complexity index is 1080. The maximum atomic E-state index is 13.1. The summed E-state index contributed by atoms with van der Waals surface area (Å²) in [6, 6.07) is 3.38. The second-order valence-electron chi connectivity index (χ2n) is 7.05. The Kier molecular flexibility index (Phi) is 4.84. The Morgan fingerprint density at radius 3 is 2.86 bits per heavy atom. The van der Waals surface area contributed by atoms with Gasteiger partial charge in [0, 0.05) is 35.9 Å². The van der Waals surface area contributed by atoms with Gasteiger partial charge in [-0.1, -0.05) is 0 Å². The quantitative estimate of drug-likeness (QED) is 0.696. The topological polar surface area (TPSA) is 93.5 Å². The summed E-state index contributed by atoms with van der Waals surface area (Å²) >= 11 is 0. The van der Waals surface area contributed by atoms with Gasteiger partial charge in [0.1, 0.15) is 11.7 Å². The van der Waals surface area contributed by atoms with Gasteiger partial charge in [-0.2, -0.15) is 18.4 Å². The molecule has 0 aromatic carbocycles. The average Bonchev–Trinajstić information content (AvgIpc) is 3.30. The van der Waals surface area contributed by atoms with Crippen LogP contribution in [0.5, 0.6) is 0 Å². The van der Waals surface area contributed by atoms with Crippen molar-refractivity contribution < 1.29 is 13.2 Å². The molecule has 150 valence electrons. The molecule has 1 unspecified atom stereocenters. The van der Waals surface area contributed by atoms with E-state index in [4.69, 9.17) is 0 Å². The number of aromatic amines is 1. The van der Waals surface area contributed by atoms with E-state index in [0.717, 1.165) is 31.6 Å². The molecule has 0 spiro atoms. The number of alkyl halides is 3. The number of likely N-dealkylation sites (tertiary alicyclic amines) is 1. The molecule has 1 aliphatic heterocycles. The standard InChI is InChI=1S/C19H18F3N7/c1-29-4-2-3-13(29)9-27-18-26-7-11(6-23)16(28-18)15-10-25-17-14(15)5-12(8-24-17)19(20,21)22/h5,7-8,10,13H,2-4,9H2,1H3,(H,24,25)(H,26,27,28). The summed E-state index contributed by atoms with van der Waals surface area (Å²) in [6.07, 6.45) is 1.35. The summed E-state index contributed by atoms with van der Waals surface area (Å²) in [7, 11) is 2.06. The number of hydrogen-bond donors (Lipinski definition) is 2. The number of likely N-dealkylation sites (N-methyl/N-ethyl adjacent to an activating group) is 1. The first-order valence-electron chi connectivity index (χ1n) is 9.13. The van der Waals surface area contributed by atoms with Gasteiger partial charge >= 0.3 is 6.18 Å². The number of H-pyrrole nitrogens is 1. The molecule has 4 rings (SSSR count). The normalized spacial score (nSPS) is 17.6. The van der Waals surface area contributed by atoms with E-state index >= 15 is 0 Å². The largest absolute Gasteiger partial charge is 0.417 e. The molecule has 29 heavy (non-hydrogen) atoms. The van der Waals surface area contributed by atoms with Crippen molar-refractivity contribution in [3.8, 4) is 17.3 Å². The molecule has 2 N–H and O–H groups in total. The van der Waals surface area contributed by atoms with E-state index in [1.807, 2.05) is 6.07 Å². The van der Waals surface area contributed by atoms with Gasteiger partial charge in [0.15, 0.2) is 0 Å². The van der Waals surface area contributed by atoms with Crippen molar-refractivity contribution in [2.75, 3.05) is 25.5 Å². The van der Waals surface area contributed by atoms with Gasteiger partial charge in [-0.05, 0) is 32.5 Å². The fourth-order valence-electron chi connectivity index (χ4n) is 3.55. The van der Waals surface area contributed by atoms with E-state index in [1.54, 1.807) is 0 Å². The molecule has 0 aliphatic carbocycles. The van der Waals surface area contributed by atoms with Gasteiger partial charge in [-0.3, -0.25) is 0 Å². The summed E-state index contributed by atoms with van der Waals surface area (Å²) in [5.74, 6) is 0.327. The fraction of sp³-hybridized carbons (Fsp3) is 0.368. The molecule has 1 fully saturated rings. The molecule has 0 saturated carbocycles. The molecule has 0 bridgehead atoms. The van der Waals surface area contributed by atoms with E-state index in [2.05, 4.69) is 37.2 Å². The minimum atomic E-state index is -4.51. The van der Waals surface area contributed by atoms with Crippen molar-refractivity contribution in [3.05, 3.63) is 35.8 Å². The Morgan fingerprint density at radius 1 is 1.34 bits per heavy atom. The molecule has 0 radical (unpaired) electrons. The van der Waals surface area contributed by atoms with Gasteiger partial charge in [0.2, 0.25) is 5.95 Å². The van der Waals surface area contributed by atoms with Crippen LogP contribution in [-0.2, 0) is 6.18 Å². The molecule has 10 heteroatoms. The third-order valence-corrected chi connectivity index (χ3v) is 5.19. The molecule has 4 heterocycles. The first kappa shape index (κ1) is 19.1. The molecule has 7 nitrogen and oxygen atoms in total. The van der Waals surface area contributed by atoms with Gasteiger partial charge < -0.3 is 15.2 Å². The van der Waals surface area contributed by atoms with Gasteiger partial charge in [-0.15, -0.1) is 0 Å². The number of nitrogens with one attached hydrogen (secondary N) is 2. The van der Waals surface area contributed by atoms with Crippen LogP contribution in [-0.4, -0.2) is 51.0 Å². The Morgan fingerprint density at radius 2 is 2.17 bits per heavy atom. The molecular formula is C19H18F3N7. The van der Waals surface area contributed by atoms with Crippen molar-refractivity contribution >= 4 is 17.0 Å². The first-order valence-corrected chi connectivity index (χ1v) is 9.13. The second-order valence-corrected chi connectivity index (χ2v) is 7.05. The number of pyridine rings is 1.